The van der Waals surface area contributed by atoms with Crippen molar-refractivity contribution >= 4 is 80.4 Å². The number of amides is 2. The predicted molar refractivity (Wildman–Crippen MR) is 307 cm³/mol. The van der Waals surface area contributed by atoms with Gasteiger partial charge in [0.15, 0.2) is 0 Å². The van der Waals surface area contributed by atoms with Crippen LogP contribution in [0, 0.1) is 25.7 Å². The Balaban J connectivity index is 0.000000164. The van der Waals surface area contributed by atoms with E-state index in [1.54, 1.807) is 0 Å². The van der Waals surface area contributed by atoms with Crippen molar-refractivity contribution in [3.05, 3.63) is 105 Å². The maximum absolute atomic E-state index is 12.2. The van der Waals surface area contributed by atoms with Crippen molar-refractivity contribution in [1.82, 2.24) is 60.3 Å². The number of halogens is 2. The number of hydrogen-bond acceptors (Lipinski definition) is 14. The molecule has 4 atom stereocenters. The van der Waals surface area contributed by atoms with Crippen LogP contribution in [0.3, 0.4) is 0 Å². The summed E-state index contributed by atoms with van der Waals surface area (Å²) in [5, 5.41) is 22.0. The van der Waals surface area contributed by atoms with Crippen LogP contribution in [-0.4, -0.2) is 179 Å². The standard InChI is InChI=1S/C29H37ClN8O.C28H35ClN8O/c1-6-26(39)36-7-9-37(10-8-36)28-21-11-17(2)20(27-18(3)23(30)13-25-22(27)14-31-34-25)12-24(21)32-29(33-28)38-15-19(16-38)35(4)5;1-5-25(38)35-6-8-36(9-7-35)27-20-10-16(2)19(26-17(3)22(29)12-24-21(26)13-31-34-24)11-23(20)32-28(33-27)37-14-18(15-37)30-4/h6,13-14,17,19-20H,1,7-12,15-16H2,2-5H3,(H,31,34);5,12-13,16,18-19,30H,1,6-11,14-15H2,2-4H3,(H,31,34)/t17-,20-;16-,19-/m11/s1. The van der Waals surface area contributed by atoms with E-state index >= 15 is 0 Å². The molecule has 8 heterocycles. The quantitative estimate of drug-likeness (QED) is 0.127. The first kappa shape index (κ1) is 52.7. The minimum atomic E-state index is -0.00680. The second-order valence-electron chi connectivity index (χ2n) is 22.4. The van der Waals surface area contributed by atoms with E-state index in [0.29, 0.717) is 50.1 Å². The van der Waals surface area contributed by atoms with Crippen LogP contribution >= 0.6 is 23.2 Å². The molecule has 406 valence electrons. The third-order valence-electron chi connectivity index (χ3n) is 17.7. The fraction of sp³-hybridized carbons (Fsp3) is 0.509. The third kappa shape index (κ3) is 9.88. The minimum absolute atomic E-state index is 0.00530. The maximum atomic E-state index is 12.2. The SMILES string of the molecule is C=CC(=O)N1CCN(c2nc(N3CC(N(C)C)C3)nc3c2C[C@@H](C)[C@H](c2c(C)c(Cl)cc4[nH]ncc24)C3)CC1.C=CC(=O)N1CCN(c2nc(N3CC(NC)C3)nc3c2C[C@@H](C)[C@H](c2c(C)c(Cl)cc4[nH]ncc24)C3)CC1. The molecule has 0 radical (unpaired) electrons. The Morgan fingerprint density at radius 3 is 1.44 bits per heavy atom. The number of anilines is 4. The summed E-state index contributed by atoms with van der Waals surface area (Å²) < 4.78 is 0. The Morgan fingerprint density at radius 1 is 0.636 bits per heavy atom. The van der Waals surface area contributed by atoms with Gasteiger partial charge in [-0.15, -0.1) is 0 Å². The minimum Gasteiger partial charge on any atom is -0.353 e. The molecule has 2 amide bonds. The van der Waals surface area contributed by atoms with Crippen molar-refractivity contribution < 1.29 is 9.59 Å². The number of carbonyl (C=O) groups excluding carboxylic acids is 2. The Labute approximate surface area is 461 Å². The molecule has 18 nitrogen and oxygen atoms in total. The molecule has 0 spiro atoms. The van der Waals surface area contributed by atoms with Gasteiger partial charge in [-0.05, 0) is 131 Å². The number of H-pyrrole nitrogens is 2. The lowest BCUT2D eigenvalue weighted by atomic mass is 9.73. The molecule has 0 unspecified atom stereocenters. The molecule has 4 fully saturated rings. The number of fused-ring (bicyclic) bond motifs is 4. The fourth-order valence-corrected chi connectivity index (χ4v) is 13.1. The van der Waals surface area contributed by atoms with Gasteiger partial charge >= 0.3 is 0 Å². The van der Waals surface area contributed by atoms with Gasteiger partial charge in [0, 0.05) is 123 Å². The second kappa shape index (κ2) is 21.5. The highest BCUT2D eigenvalue weighted by Gasteiger charge is 2.39. The number of rotatable bonds is 10. The van der Waals surface area contributed by atoms with E-state index < -0.39 is 0 Å². The normalized spacial score (nSPS) is 21.9. The van der Waals surface area contributed by atoms with Gasteiger partial charge in [0.2, 0.25) is 23.7 Å². The second-order valence-corrected chi connectivity index (χ2v) is 23.2. The van der Waals surface area contributed by atoms with E-state index in [-0.39, 0.29) is 23.7 Å². The van der Waals surface area contributed by atoms with Crippen molar-refractivity contribution in [2.75, 3.05) is 119 Å². The summed E-state index contributed by atoms with van der Waals surface area (Å²) >= 11 is 13.4. The molecule has 4 saturated heterocycles. The van der Waals surface area contributed by atoms with E-state index in [1.165, 1.54) is 34.4 Å². The Kier molecular flexibility index (Phi) is 14.7. The molecule has 3 N–H and O–H groups in total. The lowest BCUT2D eigenvalue weighted by Crippen LogP contribution is -2.58. The average Bonchev–Trinajstić information content (AvgIpc) is 4.07. The molecule has 12 rings (SSSR count). The van der Waals surface area contributed by atoms with Gasteiger partial charge < -0.3 is 39.6 Å². The van der Waals surface area contributed by atoms with Gasteiger partial charge in [0.05, 0.1) is 34.8 Å². The number of piperazine rings is 2. The molecule has 0 saturated carbocycles. The molecule has 4 aliphatic heterocycles. The Morgan fingerprint density at radius 2 is 1.05 bits per heavy atom. The van der Waals surface area contributed by atoms with Gasteiger partial charge in [-0.3, -0.25) is 19.8 Å². The largest absolute Gasteiger partial charge is 0.353 e. The van der Waals surface area contributed by atoms with Crippen molar-refractivity contribution in [1.29, 1.82) is 0 Å². The molecule has 0 bridgehead atoms. The number of aromatic amines is 2. The molecular formula is C57H72Cl2N16O2. The molecule has 77 heavy (non-hydrogen) atoms. The smallest absolute Gasteiger partial charge is 0.246 e. The lowest BCUT2D eigenvalue weighted by Gasteiger charge is -2.44. The monoisotopic (exact) mass is 1080 g/mol. The van der Waals surface area contributed by atoms with E-state index in [4.69, 9.17) is 43.1 Å². The molecule has 6 aliphatic rings. The number of benzene rings is 2. The highest BCUT2D eigenvalue weighted by molar-refractivity contribution is 6.32. The molecule has 6 aromatic rings. The predicted octanol–water partition coefficient (Wildman–Crippen LogP) is 6.49. The van der Waals surface area contributed by atoms with Crippen LogP contribution in [0.4, 0.5) is 23.5 Å². The van der Waals surface area contributed by atoms with Crippen molar-refractivity contribution in [2.45, 2.75) is 77.3 Å². The van der Waals surface area contributed by atoms with Gasteiger partial charge in [0.1, 0.15) is 11.6 Å². The fourth-order valence-electron chi connectivity index (χ4n) is 12.7. The molecule has 2 aromatic carbocycles. The van der Waals surface area contributed by atoms with Crippen LogP contribution in [0.25, 0.3) is 21.8 Å². The summed E-state index contributed by atoms with van der Waals surface area (Å²) in [6.07, 6.45) is 10.1. The summed E-state index contributed by atoms with van der Waals surface area (Å²) in [6.45, 7) is 25.5. The van der Waals surface area contributed by atoms with Gasteiger partial charge in [-0.1, -0.05) is 50.2 Å². The van der Waals surface area contributed by atoms with E-state index in [0.717, 1.165) is 156 Å². The average molecular weight is 1080 g/mol. The number of hydrogen-bond donors (Lipinski definition) is 3. The van der Waals surface area contributed by atoms with Crippen LogP contribution < -0.4 is 24.9 Å². The first-order valence-electron chi connectivity index (χ1n) is 27.3. The maximum Gasteiger partial charge on any atom is 0.246 e. The zero-order valence-electron chi connectivity index (χ0n) is 45.5. The molecule has 20 heteroatoms. The molecule has 2 aliphatic carbocycles. The Bertz CT molecular complexity index is 3240. The van der Waals surface area contributed by atoms with Crippen LogP contribution in [0.1, 0.15) is 70.5 Å². The highest BCUT2D eigenvalue weighted by Crippen LogP contribution is 2.47. The number of carbonyl (C=O) groups is 2. The summed E-state index contributed by atoms with van der Waals surface area (Å²) in [7, 11) is 6.25. The third-order valence-corrected chi connectivity index (χ3v) is 18.5. The van der Waals surface area contributed by atoms with Crippen LogP contribution in [0.15, 0.2) is 49.8 Å². The Hall–Kier alpha value is -6.34. The molecular weight excluding hydrogens is 1010 g/mol. The van der Waals surface area contributed by atoms with Crippen molar-refractivity contribution in [2.24, 2.45) is 11.8 Å². The van der Waals surface area contributed by atoms with Crippen molar-refractivity contribution in [3.8, 4) is 0 Å². The first-order valence-corrected chi connectivity index (χ1v) is 28.1. The van der Waals surface area contributed by atoms with Crippen LogP contribution in [-0.2, 0) is 35.3 Å². The van der Waals surface area contributed by atoms with Gasteiger partial charge in [-0.25, -0.2) is 9.97 Å². The zero-order chi connectivity index (χ0) is 54.0. The summed E-state index contributed by atoms with van der Waals surface area (Å²) in [4.78, 5) is 60.3. The van der Waals surface area contributed by atoms with E-state index in [9.17, 15) is 9.59 Å². The first-order chi connectivity index (χ1) is 37.1. The summed E-state index contributed by atoms with van der Waals surface area (Å²) in [6, 6.07) is 4.92. The van der Waals surface area contributed by atoms with E-state index in [1.807, 2.05) is 41.4 Å². The van der Waals surface area contributed by atoms with Crippen LogP contribution in [0.2, 0.25) is 10.0 Å². The van der Waals surface area contributed by atoms with Gasteiger partial charge in [-0.2, -0.15) is 20.2 Å². The van der Waals surface area contributed by atoms with E-state index in [2.05, 4.69) is 105 Å². The van der Waals surface area contributed by atoms with Crippen molar-refractivity contribution in [3.63, 3.8) is 0 Å². The van der Waals surface area contributed by atoms with Crippen LogP contribution in [0.5, 0.6) is 0 Å². The number of nitrogens with one attached hydrogen (secondary N) is 3. The zero-order valence-corrected chi connectivity index (χ0v) is 47.1. The number of likely N-dealkylation sites (N-methyl/N-ethyl adjacent to an activating group) is 2. The lowest BCUT2D eigenvalue weighted by molar-refractivity contribution is -0.127. The number of aromatic nitrogens is 8. The summed E-state index contributed by atoms with van der Waals surface area (Å²) in [5.74, 6) is 5.00. The molecule has 4 aromatic heterocycles. The number of nitrogens with zero attached hydrogens (tertiary/aromatic N) is 13. The van der Waals surface area contributed by atoms with Gasteiger partial charge in [0.25, 0.3) is 0 Å². The highest BCUT2D eigenvalue weighted by atomic mass is 35.5. The topological polar surface area (TPSA) is 178 Å². The summed E-state index contributed by atoms with van der Waals surface area (Å²) in [5.41, 5.74) is 11.5.